The highest BCUT2D eigenvalue weighted by Crippen LogP contribution is 2.21. The van der Waals surface area contributed by atoms with E-state index < -0.39 is 22.0 Å². The van der Waals surface area contributed by atoms with Crippen molar-refractivity contribution in [1.29, 1.82) is 0 Å². The second kappa shape index (κ2) is 9.50. The molecule has 174 valence electrons. The van der Waals surface area contributed by atoms with Crippen LogP contribution in [0.15, 0.2) is 83.9 Å². The number of aliphatic carboxylic acids is 1. The Balaban J connectivity index is 1.47. The molecule has 1 atom stereocenters. The van der Waals surface area contributed by atoms with Crippen LogP contribution in [-0.4, -0.2) is 36.4 Å². The summed E-state index contributed by atoms with van der Waals surface area (Å²) in [5.41, 5.74) is 3.46. The van der Waals surface area contributed by atoms with Crippen LogP contribution in [0.25, 0.3) is 10.9 Å². The first-order valence-corrected chi connectivity index (χ1v) is 12.0. The summed E-state index contributed by atoms with van der Waals surface area (Å²) in [6.45, 7) is 1.92. The van der Waals surface area contributed by atoms with Crippen LogP contribution in [0.1, 0.15) is 21.5 Å². The van der Waals surface area contributed by atoms with E-state index >= 15 is 0 Å². The predicted octanol–water partition coefficient (Wildman–Crippen LogP) is 3.70. The Morgan fingerprint density at radius 3 is 2.32 bits per heavy atom. The Kier molecular flexibility index (Phi) is 6.49. The van der Waals surface area contributed by atoms with Crippen molar-refractivity contribution in [3.8, 4) is 0 Å². The average molecular weight is 478 g/mol. The number of hydrogen-bond donors (Lipinski definition) is 4. The molecule has 0 aliphatic carbocycles. The molecular weight excluding hydrogens is 454 g/mol. The van der Waals surface area contributed by atoms with Gasteiger partial charge in [-0.15, -0.1) is 0 Å². The maximum atomic E-state index is 12.9. The van der Waals surface area contributed by atoms with Gasteiger partial charge in [0.15, 0.2) is 0 Å². The predicted molar refractivity (Wildman–Crippen MR) is 129 cm³/mol. The quantitative estimate of drug-likeness (QED) is 0.308. The smallest absolute Gasteiger partial charge is 0.322 e. The Morgan fingerprint density at radius 1 is 0.971 bits per heavy atom. The molecule has 1 unspecified atom stereocenters. The third-order valence-corrected chi connectivity index (χ3v) is 6.92. The van der Waals surface area contributed by atoms with E-state index in [1.807, 2.05) is 43.3 Å². The molecule has 4 N–H and O–H groups in total. The molecule has 8 nitrogen and oxygen atoms in total. The third-order valence-electron chi connectivity index (χ3n) is 5.43. The van der Waals surface area contributed by atoms with Crippen LogP contribution in [0.2, 0.25) is 0 Å². The van der Waals surface area contributed by atoms with Gasteiger partial charge >= 0.3 is 5.97 Å². The molecule has 1 amide bonds. The largest absolute Gasteiger partial charge is 0.480 e. The number of hydrogen-bond acceptors (Lipinski definition) is 4. The van der Waals surface area contributed by atoms with Crippen LogP contribution in [0.4, 0.5) is 5.69 Å². The van der Waals surface area contributed by atoms with Gasteiger partial charge in [0, 0.05) is 34.8 Å². The van der Waals surface area contributed by atoms with Crippen molar-refractivity contribution < 1.29 is 23.1 Å². The normalized spacial score (nSPS) is 12.4. The molecule has 4 aromatic rings. The molecule has 0 bridgehead atoms. The molecular formula is C25H23N3O5S. The van der Waals surface area contributed by atoms with E-state index in [0.717, 1.165) is 16.5 Å². The molecule has 0 fully saturated rings. The number of anilines is 1. The zero-order valence-electron chi connectivity index (χ0n) is 18.3. The number of rotatable bonds is 8. The molecule has 0 spiro atoms. The molecule has 34 heavy (non-hydrogen) atoms. The molecule has 1 aromatic heterocycles. The number of amides is 1. The van der Waals surface area contributed by atoms with Gasteiger partial charge in [0.25, 0.3) is 5.91 Å². The van der Waals surface area contributed by atoms with Gasteiger partial charge in [0.05, 0.1) is 4.90 Å². The maximum Gasteiger partial charge on any atom is 0.322 e. The Morgan fingerprint density at radius 2 is 1.65 bits per heavy atom. The summed E-state index contributed by atoms with van der Waals surface area (Å²) in [7, 11) is -4.12. The van der Waals surface area contributed by atoms with Gasteiger partial charge in [0.1, 0.15) is 6.04 Å². The molecule has 3 aromatic carbocycles. The zero-order valence-corrected chi connectivity index (χ0v) is 19.1. The van der Waals surface area contributed by atoms with Crippen LogP contribution in [-0.2, 0) is 21.2 Å². The van der Waals surface area contributed by atoms with Crippen molar-refractivity contribution in [2.24, 2.45) is 0 Å². The number of para-hydroxylation sites is 1. The number of carbonyl (C=O) groups excluding carboxylic acids is 1. The van der Waals surface area contributed by atoms with E-state index in [2.05, 4.69) is 15.0 Å². The highest BCUT2D eigenvalue weighted by molar-refractivity contribution is 7.89. The lowest BCUT2D eigenvalue weighted by molar-refractivity contribution is -0.138. The van der Waals surface area contributed by atoms with Crippen LogP contribution in [0, 0.1) is 6.92 Å². The van der Waals surface area contributed by atoms with Crippen LogP contribution >= 0.6 is 0 Å². The maximum absolute atomic E-state index is 12.9. The molecule has 0 radical (unpaired) electrons. The number of fused-ring (bicyclic) bond motifs is 1. The number of nitrogens with one attached hydrogen (secondary N) is 3. The number of carboxylic acid groups (broad SMARTS) is 1. The van der Waals surface area contributed by atoms with Crippen molar-refractivity contribution in [1.82, 2.24) is 9.71 Å². The minimum atomic E-state index is -4.12. The molecule has 0 saturated heterocycles. The van der Waals surface area contributed by atoms with E-state index in [1.165, 1.54) is 24.3 Å². The summed E-state index contributed by atoms with van der Waals surface area (Å²) < 4.78 is 28.0. The third kappa shape index (κ3) is 5.16. The lowest BCUT2D eigenvalue weighted by atomic mass is 10.1. The van der Waals surface area contributed by atoms with Gasteiger partial charge in [-0.05, 0) is 55.0 Å². The summed E-state index contributed by atoms with van der Waals surface area (Å²) in [4.78, 5) is 27.1. The number of aryl methyl sites for hydroxylation is 1. The Hall–Kier alpha value is -3.95. The molecule has 9 heteroatoms. The molecule has 4 rings (SSSR count). The first-order chi connectivity index (χ1) is 16.2. The number of benzene rings is 3. The molecule has 0 aliphatic heterocycles. The fraction of sp³-hybridized carbons (Fsp3) is 0.120. The van der Waals surface area contributed by atoms with Crippen LogP contribution in [0.5, 0.6) is 0 Å². The fourth-order valence-corrected chi connectivity index (χ4v) is 4.77. The SMILES string of the molecule is Cc1ccc(C(=O)Nc2ccc(S(=O)(=O)NC(Cc3c[nH]c4ccccc34)C(=O)O)cc2)cc1. The van der Waals surface area contributed by atoms with Crippen LogP contribution in [0.3, 0.4) is 0 Å². The van der Waals surface area contributed by atoms with E-state index in [1.54, 1.807) is 18.3 Å². The first-order valence-electron chi connectivity index (χ1n) is 10.5. The summed E-state index contributed by atoms with van der Waals surface area (Å²) in [6.07, 6.45) is 1.66. The highest BCUT2D eigenvalue weighted by atomic mass is 32.2. The van der Waals surface area contributed by atoms with Crippen molar-refractivity contribution >= 4 is 38.5 Å². The van der Waals surface area contributed by atoms with Crippen molar-refractivity contribution in [2.45, 2.75) is 24.3 Å². The van der Waals surface area contributed by atoms with Crippen molar-refractivity contribution in [3.05, 3.63) is 95.7 Å². The standard InChI is InChI=1S/C25H23N3O5S/c1-16-6-8-17(9-7-16)24(29)27-19-10-12-20(13-11-19)34(32,33)28-23(25(30)31)14-18-15-26-22-5-3-2-4-21(18)22/h2-13,15,23,26,28H,14H2,1H3,(H,27,29)(H,30,31). The lowest BCUT2D eigenvalue weighted by Crippen LogP contribution is -2.42. The Bertz CT molecular complexity index is 1440. The highest BCUT2D eigenvalue weighted by Gasteiger charge is 2.26. The number of sulfonamides is 1. The minimum absolute atomic E-state index is 0.0245. The van der Waals surface area contributed by atoms with Gasteiger partial charge < -0.3 is 15.4 Å². The topological polar surface area (TPSA) is 128 Å². The number of carboxylic acids is 1. The van der Waals surface area contributed by atoms with Gasteiger partial charge in [-0.25, -0.2) is 8.42 Å². The first kappa shape index (κ1) is 23.2. The average Bonchev–Trinajstić information content (AvgIpc) is 3.22. The van der Waals surface area contributed by atoms with Gasteiger partial charge in [-0.2, -0.15) is 4.72 Å². The van der Waals surface area contributed by atoms with Crippen LogP contribution < -0.4 is 10.0 Å². The summed E-state index contributed by atoms with van der Waals surface area (Å²) in [6, 6.07) is 18.6. The molecule has 0 aliphatic rings. The Labute approximate surface area is 196 Å². The lowest BCUT2D eigenvalue weighted by Gasteiger charge is -2.15. The summed E-state index contributed by atoms with van der Waals surface area (Å²) in [5.74, 6) is -1.60. The van der Waals surface area contributed by atoms with E-state index in [0.29, 0.717) is 16.8 Å². The van der Waals surface area contributed by atoms with Crippen molar-refractivity contribution in [3.63, 3.8) is 0 Å². The number of aromatic nitrogens is 1. The van der Waals surface area contributed by atoms with E-state index in [-0.39, 0.29) is 17.2 Å². The fourth-order valence-electron chi connectivity index (χ4n) is 3.58. The number of carbonyl (C=O) groups is 2. The van der Waals surface area contributed by atoms with Gasteiger partial charge in [-0.1, -0.05) is 35.9 Å². The van der Waals surface area contributed by atoms with Gasteiger partial charge in [0.2, 0.25) is 10.0 Å². The number of H-pyrrole nitrogens is 1. The zero-order chi connectivity index (χ0) is 24.3. The second-order valence-corrected chi connectivity index (χ2v) is 9.63. The van der Waals surface area contributed by atoms with Gasteiger partial charge in [-0.3, -0.25) is 9.59 Å². The summed E-state index contributed by atoms with van der Waals surface area (Å²) in [5, 5.41) is 13.2. The monoisotopic (exact) mass is 477 g/mol. The van der Waals surface area contributed by atoms with E-state index in [4.69, 9.17) is 0 Å². The number of aromatic amines is 1. The second-order valence-electron chi connectivity index (χ2n) is 7.92. The molecule has 0 saturated carbocycles. The van der Waals surface area contributed by atoms with E-state index in [9.17, 15) is 23.1 Å². The van der Waals surface area contributed by atoms with Crippen molar-refractivity contribution in [2.75, 3.05) is 5.32 Å². The minimum Gasteiger partial charge on any atom is -0.480 e. The summed E-state index contributed by atoms with van der Waals surface area (Å²) >= 11 is 0. The molecule has 1 heterocycles.